The van der Waals surface area contributed by atoms with Gasteiger partial charge in [0.15, 0.2) is 15.9 Å². The van der Waals surface area contributed by atoms with Gasteiger partial charge in [-0.2, -0.15) is 0 Å². The lowest BCUT2D eigenvalue weighted by molar-refractivity contribution is 0.610. The highest BCUT2D eigenvalue weighted by Crippen LogP contribution is 2.14. The van der Waals surface area contributed by atoms with Gasteiger partial charge < -0.3 is 4.57 Å². The molecule has 0 radical (unpaired) electrons. The van der Waals surface area contributed by atoms with E-state index in [1.165, 1.54) is 11.6 Å². The SMILES string of the molecule is CCCn1c(=O)n(C)c(=O)c2c1nc(Br)n2C. The fourth-order valence-electron chi connectivity index (χ4n) is 1.83. The van der Waals surface area contributed by atoms with E-state index in [1.54, 1.807) is 11.6 Å². The minimum Gasteiger partial charge on any atom is -0.316 e. The van der Waals surface area contributed by atoms with Crippen LogP contribution in [0.1, 0.15) is 13.3 Å². The second-order valence-electron chi connectivity index (χ2n) is 3.91. The molecule has 2 heterocycles. The van der Waals surface area contributed by atoms with E-state index in [9.17, 15) is 9.59 Å². The lowest BCUT2D eigenvalue weighted by atomic mass is 10.4. The summed E-state index contributed by atoms with van der Waals surface area (Å²) in [7, 11) is 3.22. The van der Waals surface area contributed by atoms with E-state index in [4.69, 9.17) is 0 Å². The highest BCUT2D eigenvalue weighted by Gasteiger charge is 2.16. The van der Waals surface area contributed by atoms with Crippen molar-refractivity contribution in [1.82, 2.24) is 18.7 Å². The molecule has 0 aliphatic carbocycles. The van der Waals surface area contributed by atoms with Gasteiger partial charge in [-0.15, -0.1) is 0 Å². The molecule has 0 amide bonds. The number of imidazole rings is 1. The Kier molecular flexibility index (Phi) is 2.94. The fraction of sp³-hybridized carbons (Fsp3) is 0.500. The Bertz CT molecular complexity index is 695. The summed E-state index contributed by atoms with van der Waals surface area (Å²) in [5.74, 6) is 0. The molecule has 92 valence electrons. The highest BCUT2D eigenvalue weighted by atomic mass is 79.9. The van der Waals surface area contributed by atoms with Crippen LogP contribution < -0.4 is 11.2 Å². The standard InChI is InChI=1S/C10H13BrN4O2/c1-4-5-15-7-6(13(2)9(11)12-7)8(16)14(3)10(15)17/h4-5H2,1-3H3. The van der Waals surface area contributed by atoms with Crippen LogP contribution in [-0.2, 0) is 20.6 Å². The van der Waals surface area contributed by atoms with Crippen LogP contribution in [0.3, 0.4) is 0 Å². The molecule has 0 aromatic carbocycles. The van der Waals surface area contributed by atoms with Crippen LogP contribution in [0.15, 0.2) is 14.3 Å². The zero-order valence-electron chi connectivity index (χ0n) is 9.90. The average molecular weight is 301 g/mol. The van der Waals surface area contributed by atoms with Gasteiger partial charge in [0.2, 0.25) is 0 Å². The number of fused-ring (bicyclic) bond motifs is 1. The maximum atomic E-state index is 12.0. The number of halogens is 1. The van der Waals surface area contributed by atoms with Crippen molar-refractivity contribution in [2.45, 2.75) is 19.9 Å². The normalized spacial score (nSPS) is 11.3. The van der Waals surface area contributed by atoms with Crippen molar-refractivity contribution in [3.8, 4) is 0 Å². The molecule has 2 aromatic rings. The third-order valence-corrected chi connectivity index (χ3v) is 3.46. The van der Waals surface area contributed by atoms with E-state index in [0.717, 1.165) is 11.0 Å². The van der Waals surface area contributed by atoms with Gasteiger partial charge in [-0.3, -0.25) is 13.9 Å². The van der Waals surface area contributed by atoms with Gasteiger partial charge in [0, 0.05) is 20.6 Å². The minimum absolute atomic E-state index is 0.321. The minimum atomic E-state index is -0.324. The van der Waals surface area contributed by atoms with E-state index in [0.29, 0.717) is 22.4 Å². The molecular weight excluding hydrogens is 288 g/mol. The first-order valence-electron chi connectivity index (χ1n) is 5.30. The Balaban J connectivity index is 3.04. The summed E-state index contributed by atoms with van der Waals surface area (Å²) in [5, 5.41) is 0. The second-order valence-corrected chi connectivity index (χ2v) is 4.62. The molecule has 0 N–H and O–H groups in total. The molecule has 7 heteroatoms. The predicted molar refractivity (Wildman–Crippen MR) is 68.2 cm³/mol. The van der Waals surface area contributed by atoms with Crippen LogP contribution in [0.5, 0.6) is 0 Å². The van der Waals surface area contributed by atoms with E-state index in [-0.39, 0.29) is 11.2 Å². The van der Waals surface area contributed by atoms with Crippen LogP contribution >= 0.6 is 15.9 Å². The van der Waals surface area contributed by atoms with Crippen molar-refractivity contribution in [2.24, 2.45) is 14.1 Å². The summed E-state index contributed by atoms with van der Waals surface area (Å²) < 4.78 is 4.83. The smallest absolute Gasteiger partial charge is 0.316 e. The molecular formula is C10H13BrN4O2. The van der Waals surface area contributed by atoms with Gasteiger partial charge in [-0.25, -0.2) is 9.78 Å². The maximum absolute atomic E-state index is 12.0. The molecule has 0 unspecified atom stereocenters. The molecule has 6 nitrogen and oxygen atoms in total. The van der Waals surface area contributed by atoms with Crippen molar-refractivity contribution >= 4 is 27.1 Å². The number of rotatable bonds is 2. The number of hydrogen-bond acceptors (Lipinski definition) is 3. The monoisotopic (exact) mass is 300 g/mol. The van der Waals surface area contributed by atoms with Crippen LogP contribution in [-0.4, -0.2) is 18.7 Å². The van der Waals surface area contributed by atoms with E-state index in [2.05, 4.69) is 20.9 Å². The van der Waals surface area contributed by atoms with Gasteiger partial charge in [0.05, 0.1) is 0 Å². The summed E-state index contributed by atoms with van der Waals surface area (Å²) in [6, 6.07) is 0. The zero-order valence-corrected chi connectivity index (χ0v) is 11.5. The van der Waals surface area contributed by atoms with E-state index >= 15 is 0 Å². The van der Waals surface area contributed by atoms with Gasteiger partial charge in [0.25, 0.3) is 5.56 Å². The molecule has 0 fully saturated rings. The fourth-order valence-corrected chi connectivity index (χ4v) is 2.17. The van der Waals surface area contributed by atoms with Gasteiger partial charge in [-0.1, -0.05) is 6.92 Å². The summed E-state index contributed by atoms with van der Waals surface area (Å²) in [5.41, 5.74) is 0.231. The van der Waals surface area contributed by atoms with Gasteiger partial charge in [-0.05, 0) is 22.4 Å². The molecule has 0 saturated heterocycles. The van der Waals surface area contributed by atoms with Crippen molar-refractivity contribution in [3.63, 3.8) is 0 Å². The molecule has 0 atom stereocenters. The Labute approximate surface area is 106 Å². The topological polar surface area (TPSA) is 61.8 Å². The van der Waals surface area contributed by atoms with Crippen LogP contribution in [0.4, 0.5) is 0 Å². The lowest BCUT2D eigenvalue weighted by Gasteiger charge is -2.07. The van der Waals surface area contributed by atoms with Crippen LogP contribution in [0.25, 0.3) is 11.2 Å². The Hall–Kier alpha value is -1.37. The van der Waals surface area contributed by atoms with E-state index < -0.39 is 0 Å². The number of hydrogen-bond donors (Lipinski definition) is 0. The van der Waals surface area contributed by atoms with Crippen LogP contribution in [0, 0.1) is 0 Å². The molecule has 0 bridgehead atoms. The highest BCUT2D eigenvalue weighted by molar-refractivity contribution is 9.10. The summed E-state index contributed by atoms with van der Waals surface area (Å²) in [4.78, 5) is 28.2. The molecule has 2 aromatic heterocycles. The summed E-state index contributed by atoms with van der Waals surface area (Å²) >= 11 is 3.27. The lowest BCUT2D eigenvalue weighted by Crippen LogP contribution is -2.38. The first kappa shape index (κ1) is 12.1. The second kappa shape index (κ2) is 4.14. The Morgan fingerprint density at radius 2 is 1.88 bits per heavy atom. The number of aromatic nitrogens is 4. The molecule has 17 heavy (non-hydrogen) atoms. The van der Waals surface area contributed by atoms with E-state index in [1.807, 2.05) is 6.92 Å². The number of nitrogens with zero attached hydrogens (tertiary/aromatic N) is 4. The third kappa shape index (κ3) is 1.65. The molecule has 0 spiro atoms. The first-order chi connectivity index (χ1) is 7.99. The maximum Gasteiger partial charge on any atom is 0.332 e. The molecule has 0 aliphatic heterocycles. The van der Waals surface area contributed by atoms with Gasteiger partial charge >= 0.3 is 5.69 Å². The zero-order chi connectivity index (χ0) is 12.7. The summed E-state index contributed by atoms with van der Waals surface area (Å²) in [6.45, 7) is 2.52. The van der Waals surface area contributed by atoms with Crippen molar-refractivity contribution < 1.29 is 0 Å². The molecule has 2 rings (SSSR count). The average Bonchev–Trinajstić information content (AvgIpc) is 2.59. The Morgan fingerprint density at radius 3 is 2.47 bits per heavy atom. The number of aryl methyl sites for hydroxylation is 2. The predicted octanol–water partition coefficient (Wildman–Crippen LogP) is 0.606. The first-order valence-corrected chi connectivity index (χ1v) is 6.10. The molecule has 0 aliphatic rings. The largest absolute Gasteiger partial charge is 0.332 e. The third-order valence-electron chi connectivity index (χ3n) is 2.75. The molecule has 0 saturated carbocycles. The summed E-state index contributed by atoms with van der Waals surface area (Å²) in [6.07, 6.45) is 0.807. The Morgan fingerprint density at radius 1 is 1.24 bits per heavy atom. The van der Waals surface area contributed by atoms with Crippen molar-refractivity contribution in [2.75, 3.05) is 0 Å². The van der Waals surface area contributed by atoms with Crippen LogP contribution in [0.2, 0.25) is 0 Å². The quantitative estimate of drug-likeness (QED) is 0.763. The van der Waals surface area contributed by atoms with Gasteiger partial charge in [0.1, 0.15) is 0 Å². The van der Waals surface area contributed by atoms with Crippen molar-refractivity contribution in [3.05, 3.63) is 25.6 Å². The van der Waals surface area contributed by atoms with Crippen molar-refractivity contribution in [1.29, 1.82) is 0 Å².